The highest BCUT2D eigenvalue weighted by molar-refractivity contribution is 6.37. The van der Waals surface area contributed by atoms with E-state index in [9.17, 15) is 0 Å². The van der Waals surface area contributed by atoms with Crippen LogP contribution in [-0.2, 0) is 6.42 Å². The third-order valence-electron chi connectivity index (χ3n) is 4.18. The number of aromatic amines is 1. The van der Waals surface area contributed by atoms with Gasteiger partial charge in [0.25, 0.3) is 0 Å². The molecule has 2 aromatic heterocycles. The molecule has 0 aromatic carbocycles. The summed E-state index contributed by atoms with van der Waals surface area (Å²) in [4.78, 5) is 22.1. The molecule has 9 heteroatoms. The zero-order valence-electron chi connectivity index (χ0n) is 14.9. The molecule has 0 radical (unpaired) electrons. The zero-order chi connectivity index (χ0) is 18.7. The molecule has 26 heavy (non-hydrogen) atoms. The number of anilines is 1. The molecule has 0 unspecified atom stereocenters. The van der Waals surface area contributed by atoms with Crippen molar-refractivity contribution in [3.63, 3.8) is 0 Å². The summed E-state index contributed by atoms with van der Waals surface area (Å²) in [5.41, 5.74) is 7.62. The van der Waals surface area contributed by atoms with Crippen LogP contribution in [0.3, 0.4) is 0 Å². The summed E-state index contributed by atoms with van der Waals surface area (Å²) >= 11 is 6.57. The standard InChI is InChI=1S/C17H22ClN7O/c1-4-12-14(18)13-15(22-12)23-17(26-11(7-20-2)8-21-3)24-16(13)25-6-5-10(19)9-25/h7-8,10H,2,4-6,9,19H2,1,3H3,(H,22,23,24)/b11-7+,21-8?/t10-/m1/s1. The molecule has 1 aliphatic rings. The first-order valence-electron chi connectivity index (χ1n) is 8.42. The largest absolute Gasteiger partial charge is 0.421 e. The van der Waals surface area contributed by atoms with E-state index in [1.807, 2.05) is 6.92 Å². The fraction of sp³-hybridized carbons (Fsp3) is 0.412. The maximum Gasteiger partial charge on any atom is 0.326 e. The second kappa shape index (κ2) is 7.84. The minimum atomic E-state index is 0.111. The summed E-state index contributed by atoms with van der Waals surface area (Å²) in [5, 5.41) is 1.43. The van der Waals surface area contributed by atoms with Crippen LogP contribution in [0.5, 0.6) is 6.01 Å². The van der Waals surface area contributed by atoms with Crippen molar-refractivity contribution < 1.29 is 4.74 Å². The van der Waals surface area contributed by atoms with Gasteiger partial charge in [-0.05, 0) is 19.6 Å². The number of aliphatic imine (C=N–C) groups is 2. The molecule has 0 amide bonds. The molecular weight excluding hydrogens is 354 g/mol. The second-order valence-electron chi connectivity index (χ2n) is 6.02. The predicted molar refractivity (Wildman–Crippen MR) is 106 cm³/mol. The molecule has 0 aliphatic carbocycles. The molecule has 1 aliphatic heterocycles. The van der Waals surface area contributed by atoms with Crippen LogP contribution in [0.2, 0.25) is 5.02 Å². The van der Waals surface area contributed by atoms with Crippen LogP contribution >= 0.6 is 11.6 Å². The Bertz CT molecular complexity index is 874. The Labute approximate surface area is 156 Å². The van der Waals surface area contributed by atoms with Gasteiger partial charge in [-0.3, -0.25) is 9.98 Å². The lowest BCUT2D eigenvalue weighted by atomic mass is 10.3. The molecule has 138 valence electrons. The highest BCUT2D eigenvalue weighted by Crippen LogP contribution is 2.36. The second-order valence-corrected chi connectivity index (χ2v) is 6.40. The summed E-state index contributed by atoms with van der Waals surface area (Å²) < 4.78 is 5.75. The maximum absolute atomic E-state index is 6.57. The third kappa shape index (κ3) is 3.56. The first-order valence-corrected chi connectivity index (χ1v) is 8.79. The van der Waals surface area contributed by atoms with Gasteiger partial charge >= 0.3 is 6.01 Å². The van der Waals surface area contributed by atoms with Gasteiger partial charge in [-0.15, -0.1) is 0 Å². The van der Waals surface area contributed by atoms with Crippen LogP contribution < -0.4 is 15.4 Å². The fourth-order valence-electron chi connectivity index (χ4n) is 2.98. The van der Waals surface area contributed by atoms with Gasteiger partial charge in [0, 0.05) is 31.9 Å². The number of hydrogen-bond donors (Lipinski definition) is 2. The Balaban J connectivity index is 2.11. The lowest BCUT2D eigenvalue weighted by Crippen LogP contribution is -2.27. The minimum absolute atomic E-state index is 0.111. The molecule has 2 aromatic rings. The number of halogens is 1. The summed E-state index contributed by atoms with van der Waals surface area (Å²) in [6.07, 6.45) is 4.63. The SMILES string of the molecule is C=N/C=C(\C=NC)Oc1nc(N2CC[C@@H](N)C2)c2c(Cl)c(CC)[nH]c2n1. The predicted octanol–water partition coefficient (Wildman–Crippen LogP) is 2.33. The Morgan fingerprint density at radius 3 is 2.96 bits per heavy atom. The topological polar surface area (TPSA) is 105 Å². The van der Waals surface area contributed by atoms with E-state index in [1.165, 1.54) is 12.4 Å². The van der Waals surface area contributed by atoms with Crippen molar-refractivity contribution in [3.05, 3.63) is 22.7 Å². The van der Waals surface area contributed by atoms with Gasteiger partial charge in [0.05, 0.1) is 22.8 Å². The summed E-state index contributed by atoms with van der Waals surface area (Å²) in [6, 6.07) is 0.295. The molecule has 0 spiro atoms. The van der Waals surface area contributed by atoms with Gasteiger partial charge in [0.2, 0.25) is 0 Å². The lowest BCUT2D eigenvalue weighted by molar-refractivity contribution is 0.419. The van der Waals surface area contributed by atoms with Crippen molar-refractivity contribution in [2.75, 3.05) is 25.0 Å². The molecule has 0 bridgehead atoms. The number of aromatic nitrogens is 3. The monoisotopic (exact) mass is 375 g/mol. The number of ether oxygens (including phenoxy) is 1. The molecule has 1 atom stereocenters. The number of nitrogens with two attached hydrogens (primary N) is 1. The van der Waals surface area contributed by atoms with Crippen LogP contribution in [0, 0.1) is 0 Å². The summed E-state index contributed by atoms with van der Waals surface area (Å²) in [7, 11) is 1.64. The van der Waals surface area contributed by atoms with Crippen LogP contribution in [0.25, 0.3) is 11.0 Å². The van der Waals surface area contributed by atoms with E-state index in [0.29, 0.717) is 23.0 Å². The maximum atomic E-state index is 6.57. The van der Waals surface area contributed by atoms with Gasteiger partial charge in [0.1, 0.15) is 11.5 Å². The quantitative estimate of drug-likeness (QED) is 0.595. The van der Waals surface area contributed by atoms with Gasteiger partial charge in [-0.1, -0.05) is 18.5 Å². The van der Waals surface area contributed by atoms with Gasteiger partial charge in [0.15, 0.2) is 5.76 Å². The average Bonchev–Trinajstić information content (AvgIpc) is 3.18. The van der Waals surface area contributed by atoms with Crippen molar-refractivity contribution in [2.24, 2.45) is 15.7 Å². The third-order valence-corrected chi connectivity index (χ3v) is 4.60. The van der Waals surface area contributed by atoms with Crippen LogP contribution in [0.15, 0.2) is 21.9 Å². The van der Waals surface area contributed by atoms with E-state index in [-0.39, 0.29) is 12.1 Å². The highest BCUT2D eigenvalue weighted by atomic mass is 35.5. The van der Waals surface area contributed by atoms with Gasteiger partial charge < -0.3 is 20.4 Å². The van der Waals surface area contributed by atoms with E-state index in [1.54, 1.807) is 7.05 Å². The van der Waals surface area contributed by atoms with Crippen molar-refractivity contribution in [1.82, 2.24) is 15.0 Å². The van der Waals surface area contributed by atoms with Gasteiger partial charge in [-0.2, -0.15) is 9.97 Å². The molecule has 3 heterocycles. The first-order chi connectivity index (χ1) is 12.6. The number of H-pyrrole nitrogens is 1. The van der Waals surface area contributed by atoms with E-state index in [0.717, 1.165) is 36.3 Å². The highest BCUT2D eigenvalue weighted by Gasteiger charge is 2.26. The Kier molecular flexibility index (Phi) is 5.53. The average molecular weight is 376 g/mol. The first kappa shape index (κ1) is 18.3. The fourth-order valence-corrected chi connectivity index (χ4v) is 3.33. The minimum Gasteiger partial charge on any atom is -0.421 e. The molecule has 1 fully saturated rings. The Hall–Kier alpha value is -2.45. The zero-order valence-corrected chi connectivity index (χ0v) is 15.6. The number of rotatable bonds is 6. The van der Waals surface area contributed by atoms with E-state index < -0.39 is 0 Å². The summed E-state index contributed by atoms with van der Waals surface area (Å²) in [5.74, 6) is 1.11. The van der Waals surface area contributed by atoms with Crippen LogP contribution in [0.4, 0.5) is 5.82 Å². The summed E-state index contributed by atoms with van der Waals surface area (Å²) in [6.45, 7) is 6.98. The molecule has 1 saturated heterocycles. The van der Waals surface area contributed by atoms with Crippen LogP contribution in [0.1, 0.15) is 19.0 Å². The molecule has 0 saturated carbocycles. The van der Waals surface area contributed by atoms with Crippen LogP contribution in [-0.4, -0.2) is 54.1 Å². The Morgan fingerprint density at radius 1 is 1.54 bits per heavy atom. The number of fused-ring (bicyclic) bond motifs is 1. The number of hydrogen-bond acceptors (Lipinski definition) is 7. The molecular formula is C17H22ClN7O. The molecule has 3 rings (SSSR count). The lowest BCUT2D eigenvalue weighted by Gasteiger charge is -2.18. The van der Waals surface area contributed by atoms with Crippen molar-refractivity contribution in [2.45, 2.75) is 25.8 Å². The Morgan fingerprint density at radius 2 is 2.35 bits per heavy atom. The van der Waals surface area contributed by atoms with Gasteiger partial charge in [-0.25, -0.2) is 0 Å². The smallest absolute Gasteiger partial charge is 0.326 e. The number of allylic oxidation sites excluding steroid dienone is 1. The van der Waals surface area contributed by atoms with E-state index >= 15 is 0 Å². The number of aryl methyl sites for hydroxylation is 1. The number of nitrogens with one attached hydrogen (secondary N) is 1. The van der Waals surface area contributed by atoms with Crippen molar-refractivity contribution in [1.29, 1.82) is 0 Å². The van der Waals surface area contributed by atoms with E-state index in [2.05, 4.69) is 36.6 Å². The van der Waals surface area contributed by atoms with E-state index in [4.69, 9.17) is 22.1 Å². The molecule has 3 N–H and O–H groups in total. The normalized spacial score (nSPS) is 18.2. The van der Waals surface area contributed by atoms with Crippen molar-refractivity contribution in [3.8, 4) is 6.01 Å². The molecule has 8 nitrogen and oxygen atoms in total. The van der Waals surface area contributed by atoms with Crippen molar-refractivity contribution >= 4 is 41.4 Å². The number of nitrogens with zero attached hydrogens (tertiary/aromatic N) is 5.